The first-order chi connectivity index (χ1) is 19.3. The lowest BCUT2D eigenvalue weighted by Crippen LogP contribution is -2.40. The van der Waals surface area contributed by atoms with Crippen molar-refractivity contribution >= 4 is 40.6 Å². The number of methoxy groups -OCH3 is 3. The Hall–Kier alpha value is -4.34. The van der Waals surface area contributed by atoms with Crippen LogP contribution >= 0.6 is 22.9 Å². The Morgan fingerprint density at radius 1 is 1.02 bits per heavy atom. The van der Waals surface area contributed by atoms with Gasteiger partial charge in [-0.25, -0.2) is 4.99 Å². The van der Waals surface area contributed by atoms with Gasteiger partial charge in [-0.05, 0) is 60.5 Å². The van der Waals surface area contributed by atoms with Gasteiger partial charge in [0.15, 0.2) is 16.3 Å². The van der Waals surface area contributed by atoms with E-state index in [-0.39, 0.29) is 11.5 Å². The molecule has 204 valence electrons. The fourth-order valence-electron chi connectivity index (χ4n) is 4.61. The molecule has 1 aliphatic rings. The van der Waals surface area contributed by atoms with Crippen LogP contribution in [0.1, 0.15) is 24.1 Å². The Morgan fingerprint density at radius 2 is 1.75 bits per heavy atom. The van der Waals surface area contributed by atoms with Crippen LogP contribution in [0.3, 0.4) is 0 Å². The van der Waals surface area contributed by atoms with Gasteiger partial charge < -0.3 is 19.5 Å². The number of anilines is 1. The number of nitrogens with one attached hydrogen (secondary N) is 1. The van der Waals surface area contributed by atoms with Crippen LogP contribution in [0.15, 0.2) is 87.8 Å². The molecule has 0 radical (unpaired) electrons. The lowest BCUT2D eigenvalue weighted by atomic mass is 9.95. The number of rotatable bonds is 7. The first kappa shape index (κ1) is 27.2. The van der Waals surface area contributed by atoms with Gasteiger partial charge in [0.1, 0.15) is 5.75 Å². The Morgan fingerprint density at radius 3 is 2.40 bits per heavy atom. The standard InChI is InChI=1S/C30H26ClN3O5S/c1-17-25(28(35)33-20-8-6-5-7-9-20)26(19-10-12-21(37-2)13-11-19)34-29(36)24(40-30(34)32-17)16-18-14-22(31)27(39-4)23(15-18)38-3/h5-16,26H,1-4H3,(H,33,35)/b24-16-/t26-/m1/s1. The summed E-state index contributed by atoms with van der Waals surface area (Å²) in [5.41, 5.74) is 2.66. The van der Waals surface area contributed by atoms with Gasteiger partial charge >= 0.3 is 0 Å². The van der Waals surface area contributed by atoms with Crippen molar-refractivity contribution in [3.05, 3.63) is 114 Å². The van der Waals surface area contributed by atoms with Crippen molar-refractivity contribution in [2.75, 3.05) is 26.6 Å². The van der Waals surface area contributed by atoms with Crippen LogP contribution in [0, 0.1) is 0 Å². The van der Waals surface area contributed by atoms with Gasteiger partial charge in [-0.2, -0.15) is 0 Å². The fraction of sp³-hybridized carbons (Fsp3) is 0.167. The molecule has 1 aromatic heterocycles. The molecule has 0 spiro atoms. The smallest absolute Gasteiger partial charge is 0.271 e. The van der Waals surface area contributed by atoms with E-state index in [0.29, 0.717) is 54.1 Å². The molecule has 10 heteroatoms. The molecule has 1 amide bonds. The van der Waals surface area contributed by atoms with Crippen molar-refractivity contribution in [2.24, 2.45) is 4.99 Å². The van der Waals surface area contributed by atoms with Crippen LogP contribution in [0.2, 0.25) is 5.02 Å². The number of nitrogens with zero attached hydrogens (tertiary/aromatic N) is 2. The third-order valence-electron chi connectivity index (χ3n) is 6.48. The van der Waals surface area contributed by atoms with Crippen molar-refractivity contribution < 1.29 is 19.0 Å². The van der Waals surface area contributed by atoms with Crippen LogP contribution in [0.25, 0.3) is 6.08 Å². The number of fused-ring (bicyclic) bond motifs is 1. The number of hydrogen-bond acceptors (Lipinski definition) is 7. The normalized spacial score (nSPS) is 14.8. The molecule has 0 saturated carbocycles. The maximum absolute atomic E-state index is 13.9. The molecule has 0 unspecified atom stereocenters. The summed E-state index contributed by atoms with van der Waals surface area (Å²) in [6.07, 6.45) is 1.73. The maximum atomic E-state index is 13.9. The van der Waals surface area contributed by atoms with E-state index in [1.54, 1.807) is 61.1 Å². The highest BCUT2D eigenvalue weighted by atomic mass is 35.5. The Kier molecular flexibility index (Phi) is 7.77. The SMILES string of the molecule is COc1ccc([C@@H]2C(C(=O)Nc3ccccc3)=C(C)N=c3s/c(=C\c4cc(Cl)c(OC)c(OC)c4)c(=O)n32)cc1. The zero-order valence-corrected chi connectivity index (χ0v) is 23.8. The molecule has 0 aliphatic carbocycles. The number of amides is 1. The first-order valence-electron chi connectivity index (χ1n) is 12.3. The van der Waals surface area contributed by atoms with Gasteiger partial charge in [0.05, 0.1) is 48.2 Å². The molecule has 40 heavy (non-hydrogen) atoms. The highest BCUT2D eigenvalue weighted by Crippen LogP contribution is 2.36. The molecule has 5 rings (SSSR count). The van der Waals surface area contributed by atoms with Gasteiger partial charge in [0.25, 0.3) is 11.5 Å². The minimum atomic E-state index is -0.706. The fourth-order valence-corrected chi connectivity index (χ4v) is 5.95. The Balaban J connectivity index is 1.67. The molecule has 2 heterocycles. The van der Waals surface area contributed by atoms with Crippen molar-refractivity contribution in [3.8, 4) is 17.2 Å². The van der Waals surface area contributed by atoms with Crippen molar-refractivity contribution in [1.82, 2.24) is 4.57 Å². The molecule has 0 fully saturated rings. The minimum absolute atomic E-state index is 0.284. The van der Waals surface area contributed by atoms with E-state index in [1.165, 1.54) is 25.6 Å². The van der Waals surface area contributed by atoms with Crippen LogP contribution in [0.5, 0.6) is 17.2 Å². The van der Waals surface area contributed by atoms with E-state index in [1.807, 2.05) is 30.3 Å². The molecular weight excluding hydrogens is 550 g/mol. The molecule has 4 aromatic rings. The summed E-state index contributed by atoms with van der Waals surface area (Å²) in [6, 6.07) is 19.2. The van der Waals surface area contributed by atoms with Crippen molar-refractivity contribution in [1.29, 1.82) is 0 Å². The second-order valence-electron chi connectivity index (χ2n) is 8.91. The Bertz CT molecular complexity index is 1790. The van der Waals surface area contributed by atoms with Crippen LogP contribution in [-0.2, 0) is 4.79 Å². The molecule has 3 aromatic carbocycles. The number of carbonyl (C=O) groups is 1. The second kappa shape index (κ2) is 11.4. The largest absolute Gasteiger partial charge is 0.497 e. The van der Waals surface area contributed by atoms with Gasteiger partial charge in [-0.15, -0.1) is 0 Å². The molecule has 0 bridgehead atoms. The van der Waals surface area contributed by atoms with Crippen LogP contribution in [-0.4, -0.2) is 31.8 Å². The quantitative estimate of drug-likeness (QED) is 0.349. The molecule has 1 aliphatic heterocycles. The van der Waals surface area contributed by atoms with Gasteiger partial charge in [-0.1, -0.05) is 53.3 Å². The summed E-state index contributed by atoms with van der Waals surface area (Å²) < 4.78 is 18.1. The third kappa shape index (κ3) is 5.13. The lowest BCUT2D eigenvalue weighted by molar-refractivity contribution is -0.113. The topological polar surface area (TPSA) is 91.2 Å². The molecule has 8 nitrogen and oxygen atoms in total. The lowest BCUT2D eigenvalue weighted by Gasteiger charge is -2.25. The van der Waals surface area contributed by atoms with Crippen LogP contribution < -0.4 is 34.4 Å². The summed E-state index contributed by atoms with van der Waals surface area (Å²) in [5.74, 6) is 1.18. The highest BCUT2D eigenvalue weighted by molar-refractivity contribution is 7.07. The van der Waals surface area contributed by atoms with Crippen molar-refractivity contribution in [2.45, 2.75) is 13.0 Å². The first-order valence-corrected chi connectivity index (χ1v) is 13.5. The molecular formula is C30H26ClN3O5S. The number of benzene rings is 3. The number of halogens is 1. The van der Waals surface area contributed by atoms with E-state index < -0.39 is 6.04 Å². The zero-order chi connectivity index (χ0) is 28.4. The monoisotopic (exact) mass is 575 g/mol. The zero-order valence-electron chi connectivity index (χ0n) is 22.2. The molecule has 1 atom stereocenters. The predicted molar refractivity (Wildman–Crippen MR) is 156 cm³/mol. The third-order valence-corrected chi connectivity index (χ3v) is 7.75. The number of para-hydroxylation sites is 1. The van der Waals surface area contributed by atoms with Gasteiger partial charge in [-0.3, -0.25) is 14.2 Å². The summed E-state index contributed by atoms with van der Waals surface area (Å²) in [6.45, 7) is 1.78. The summed E-state index contributed by atoms with van der Waals surface area (Å²) >= 11 is 7.64. The van der Waals surface area contributed by atoms with E-state index >= 15 is 0 Å². The maximum Gasteiger partial charge on any atom is 0.271 e. The predicted octanol–water partition coefficient (Wildman–Crippen LogP) is 4.55. The van der Waals surface area contributed by atoms with Gasteiger partial charge in [0, 0.05) is 5.69 Å². The minimum Gasteiger partial charge on any atom is -0.497 e. The van der Waals surface area contributed by atoms with E-state index in [4.69, 9.17) is 25.8 Å². The highest BCUT2D eigenvalue weighted by Gasteiger charge is 2.32. The van der Waals surface area contributed by atoms with E-state index in [0.717, 1.165) is 5.56 Å². The number of carbonyl (C=O) groups excluding carboxylic acids is 1. The average molecular weight is 576 g/mol. The second-order valence-corrected chi connectivity index (χ2v) is 10.3. The number of hydrogen-bond donors (Lipinski definition) is 1. The summed E-state index contributed by atoms with van der Waals surface area (Å²) in [4.78, 5) is 32.8. The van der Waals surface area contributed by atoms with Crippen LogP contribution in [0.4, 0.5) is 5.69 Å². The summed E-state index contributed by atoms with van der Waals surface area (Å²) in [7, 11) is 4.61. The van der Waals surface area contributed by atoms with E-state index in [9.17, 15) is 9.59 Å². The number of aromatic nitrogens is 1. The number of thiazole rings is 1. The molecule has 0 saturated heterocycles. The molecule has 1 N–H and O–H groups in total. The number of allylic oxidation sites excluding steroid dienone is 1. The van der Waals surface area contributed by atoms with Crippen molar-refractivity contribution in [3.63, 3.8) is 0 Å². The summed E-state index contributed by atoms with van der Waals surface area (Å²) in [5, 5.41) is 3.30. The Labute approximate surface area is 239 Å². The average Bonchev–Trinajstić information content (AvgIpc) is 3.26. The number of ether oxygens (including phenoxy) is 3. The van der Waals surface area contributed by atoms with E-state index in [2.05, 4.69) is 10.3 Å². The van der Waals surface area contributed by atoms with Gasteiger partial charge in [0.2, 0.25) is 0 Å².